The molecule has 0 radical (unpaired) electrons. The summed E-state index contributed by atoms with van der Waals surface area (Å²) in [4.78, 5) is 0. The van der Waals surface area contributed by atoms with Gasteiger partial charge in [0.2, 0.25) is 0 Å². The van der Waals surface area contributed by atoms with Gasteiger partial charge in [0, 0.05) is 17.6 Å². The van der Waals surface area contributed by atoms with Crippen LogP contribution in [0.1, 0.15) is 25.0 Å². The highest BCUT2D eigenvalue weighted by atomic mass is 35.5. The normalized spacial score (nSPS) is 11.0. The second-order valence-corrected chi connectivity index (χ2v) is 5.61. The van der Waals surface area contributed by atoms with Gasteiger partial charge in [-0.1, -0.05) is 55.8 Å². The van der Waals surface area contributed by atoms with E-state index in [9.17, 15) is 0 Å². The first-order valence-electron chi connectivity index (χ1n) is 6.65. The van der Waals surface area contributed by atoms with Gasteiger partial charge in [0.05, 0.1) is 0 Å². The lowest BCUT2D eigenvalue weighted by Crippen LogP contribution is -2.21. The molecule has 0 saturated carbocycles. The van der Waals surface area contributed by atoms with Crippen LogP contribution in [-0.2, 0) is 6.54 Å². The van der Waals surface area contributed by atoms with Crippen LogP contribution in [0.25, 0.3) is 11.1 Å². The molecule has 2 heteroatoms. The summed E-state index contributed by atoms with van der Waals surface area (Å²) in [5.41, 5.74) is 4.79. The van der Waals surface area contributed by atoms with Gasteiger partial charge in [-0.05, 0) is 41.3 Å². The summed E-state index contributed by atoms with van der Waals surface area (Å²) < 4.78 is 0. The van der Waals surface area contributed by atoms with E-state index >= 15 is 0 Å². The van der Waals surface area contributed by atoms with Crippen LogP contribution in [0.3, 0.4) is 0 Å². The highest BCUT2D eigenvalue weighted by molar-refractivity contribution is 6.31. The average molecular weight is 274 g/mol. The highest BCUT2D eigenvalue weighted by Crippen LogP contribution is 2.25. The molecule has 0 spiro atoms. The summed E-state index contributed by atoms with van der Waals surface area (Å²) in [6.07, 6.45) is 0. The standard InChI is InChI=1S/C17H20ClN/c1-12(2)19-11-14-5-4-6-15(9-14)16-8-7-13(3)17(18)10-16/h4-10,12,19H,11H2,1-3H3. The molecule has 0 aliphatic heterocycles. The summed E-state index contributed by atoms with van der Waals surface area (Å²) in [6.45, 7) is 7.23. The first-order valence-corrected chi connectivity index (χ1v) is 7.03. The zero-order valence-electron chi connectivity index (χ0n) is 11.7. The number of halogens is 1. The Morgan fingerprint density at radius 3 is 2.47 bits per heavy atom. The van der Waals surface area contributed by atoms with Gasteiger partial charge in [-0.3, -0.25) is 0 Å². The van der Waals surface area contributed by atoms with E-state index in [0.29, 0.717) is 6.04 Å². The molecule has 0 fully saturated rings. The molecule has 0 aliphatic carbocycles. The van der Waals surface area contributed by atoms with Crippen LogP contribution in [0, 0.1) is 6.92 Å². The molecule has 0 heterocycles. The number of hydrogen-bond acceptors (Lipinski definition) is 1. The van der Waals surface area contributed by atoms with Crippen LogP contribution >= 0.6 is 11.6 Å². The van der Waals surface area contributed by atoms with Crippen LogP contribution in [-0.4, -0.2) is 6.04 Å². The molecule has 19 heavy (non-hydrogen) atoms. The maximum atomic E-state index is 6.19. The van der Waals surface area contributed by atoms with E-state index in [4.69, 9.17) is 11.6 Å². The summed E-state index contributed by atoms with van der Waals surface area (Å²) in [5.74, 6) is 0. The van der Waals surface area contributed by atoms with Gasteiger partial charge < -0.3 is 5.32 Å². The van der Waals surface area contributed by atoms with Gasteiger partial charge >= 0.3 is 0 Å². The third-order valence-electron chi connectivity index (χ3n) is 3.15. The van der Waals surface area contributed by atoms with Crippen molar-refractivity contribution in [2.45, 2.75) is 33.4 Å². The number of nitrogens with one attached hydrogen (secondary N) is 1. The van der Waals surface area contributed by atoms with Crippen molar-refractivity contribution >= 4 is 11.6 Å². The molecule has 2 aromatic carbocycles. The third-order valence-corrected chi connectivity index (χ3v) is 3.55. The molecule has 0 amide bonds. The first kappa shape index (κ1) is 14.1. The molecule has 2 rings (SSSR count). The van der Waals surface area contributed by atoms with Gasteiger partial charge in [-0.15, -0.1) is 0 Å². The molecule has 0 atom stereocenters. The topological polar surface area (TPSA) is 12.0 Å². The Morgan fingerprint density at radius 2 is 1.79 bits per heavy atom. The number of benzene rings is 2. The predicted octanol–water partition coefficient (Wildman–Crippen LogP) is 4.81. The Kier molecular flexibility index (Phi) is 4.62. The quantitative estimate of drug-likeness (QED) is 0.843. The SMILES string of the molecule is Cc1ccc(-c2cccc(CNC(C)C)c2)cc1Cl. The van der Waals surface area contributed by atoms with Crippen LogP contribution in [0.2, 0.25) is 5.02 Å². The predicted molar refractivity (Wildman–Crippen MR) is 83.6 cm³/mol. The minimum Gasteiger partial charge on any atom is -0.310 e. The van der Waals surface area contributed by atoms with Crippen molar-refractivity contribution in [3.8, 4) is 11.1 Å². The fraction of sp³-hybridized carbons (Fsp3) is 0.294. The zero-order valence-corrected chi connectivity index (χ0v) is 12.5. The van der Waals surface area contributed by atoms with Crippen molar-refractivity contribution < 1.29 is 0 Å². The van der Waals surface area contributed by atoms with E-state index in [-0.39, 0.29) is 0 Å². The molecule has 0 unspecified atom stereocenters. The molecule has 1 N–H and O–H groups in total. The zero-order chi connectivity index (χ0) is 13.8. The van der Waals surface area contributed by atoms with Crippen molar-refractivity contribution in [2.24, 2.45) is 0 Å². The average Bonchev–Trinajstić information content (AvgIpc) is 2.40. The van der Waals surface area contributed by atoms with Crippen molar-refractivity contribution in [3.63, 3.8) is 0 Å². The molecule has 100 valence electrons. The summed E-state index contributed by atoms with van der Waals surface area (Å²) >= 11 is 6.19. The largest absolute Gasteiger partial charge is 0.310 e. The molecular weight excluding hydrogens is 254 g/mol. The fourth-order valence-corrected chi connectivity index (χ4v) is 2.14. The van der Waals surface area contributed by atoms with Crippen LogP contribution in [0.4, 0.5) is 0 Å². The Hall–Kier alpha value is -1.31. The smallest absolute Gasteiger partial charge is 0.0441 e. The summed E-state index contributed by atoms with van der Waals surface area (Å²) in [6, 6.07) is 15.3. The van der Waals surface area contributed by atoms with E-state index in [1.807, 2.05) is 13.0 Å². The van der Waals surface area contributed by atoms with Gasteiger partial charge in [0.15, 0.2) is 0 Å². The molecule has 0 aliphatic rings. The van der Waals surface area contributed by atoms with E-state index in [2.05, 4.69) is 55.6 Å². The lowest BCUT2D eigenvalue weighted by Gasteiger charge is -2.10. The lowest BCUT2D eigenvalue weighted by molar-refractivity contribution is 0.589. The molecule has 0 saturated heterocycles. The van der Waals surface area contributed by atoms with Crippen LogP contribution in [0.5, 0.6) is 0 Å². The van der Waals surface area contributed by atoms with Gasteiger partial charge in [-0.25, -0.2) is 0 Å². The molecular formula is C17H20ClN. The Morgan fingerprint density at radius 1 is 1.05 bits per heavy atom. The second kappa shape index (κ2) is 6.23. The van der Waals surface area contributed by atoms with E-state index < -0.39 is 0 Å². The second-order valence-electron chi connectivity index (χ2n) is 5.20. The van der Waals surface area contributed by atoms with Gasteiger partial charge in [-0.2, -0.15) is 0 Å². The molecule has 0 aromatic heterocycles. The summed E-state index contributed by atoms with van der Waals surface area (Å²) in [5, 5.41) is 4.26. The minimum atomic E-state index is 0.498. The maximum absolute atomic E-state index is 6.19. The van der Waals surface area contributed by atoms with Crippen molar-refractivity contribution in [1.82, 2.24) is 5.32 Å². The lowest BCUT2D eigenvalue weighted by atomic mass is 10.0. The van der Waals surface area contributed by atoms with Crippen molar-refractivity contribution in [3.05, 3.63) is 58.6 Å². The van der Waals surface area contributed by atoms with Gasteiger partial charge in [0.1, 0.15) is 0 Å². The minimum absolute atomic E-state index is 0.498. The Labute approximate surface area is 120 Å². The molecule has 1 nitrogen and oxygen atoms in total. The fourth-order valence-electron chi connectivity index (χ4n) is 1.96. The number of hydrogen-bond donors (Lipinski definition) is 1. The number of rotatable bonds is 4. The van der Waals surface area contributed by atoms with Crippen molar-refractivity contribution in [1.29, 1.82) is 0 Å². The number of aryl methyl sites for hydroxylation is 1. The third kappa shape index (κ3) is 3.82. The summed E-state index contributed by atoms with van der Waals surface area (Å²) in [7, 11) is 0. The molecule has 2 aromatic rings. The van der Waals surface area contributed by atoms with E-state index in [0.717, 1.165) is 17.1 Å². The highest BCUT2D eigenvalue weighted by Gasteiger charge is 2.02. The van der Waals surface area contributed by atoms with Crippen LogP contribution in [0.15, 0.2) is 42.5 Å². The van der Waals surface area contributed by atoms with E-state index in [1.54, 1.807) is 0 Å². The maximum Gasteiger partial charge on any atom is 0.0441 e. The Bertz CT molecular complexity index is 561. The van der Waals surface area contributed by atoms with Crippen LogP contribution < -0.4 is 5.32 Å². The first-order chi connectivity index (χ1) is 9.06. The van der Waals surface area contributed by atoms with Crippen molar-refractivity contribution in [2.75, 3.05) is 0 Å². The monoisotopic (exact) mass is 273 g/mol. The van der Waals surface area contributed by atoms with E-state index in [1.165, 1.54) is 16.7 Å². The molecule has 0 bridgehead atoms. The Balaban J connectivity index is 2.24. The van der Waals surface area contributed by atoms with Gasteiger partial charge in [0.25, 0.3) is 0 Å².